The van der Waals surface area contributed by atoms with Crippen molar-refractivity contribution in [2.75, 3.05) is 6.54 Å². The highest BCUT2D eigenvalue weighted by Gasteiger charge is 2.35. The van der Waals surface area contributed by atoms with Crippen LogP contribution in [0.1, 0.15) is 44.4 Å². The van der Waals surface area contributed by atoms with Crippen LogP contribution >= 0.6 is 15.9 Å². The van der Waals surface area contributed by atoms with E-state index in [0.29, 0.717) is 16.8 Å². The van der Waals surface area contributed by atoms with Crippen molar-refractivity contribution in [1.82, 2.24) is 15.2 Å². The summed E-state index contributed by atoms with van der Waals surface area (Å²) in [5.74, 6) is -1.03. The van der Waals surface area contributed by atoms with Crippen LogP contribution in [0.5, 0.6) is 0 Å². The highest BCUT2D eigenvalue weighted by molar-refractivity contribution is 9.10. The molecule has 1 aliphatic heterocycles. The lowest BCUT2D eigenvalue weighted by atomic mass is 10.0. The second-order valence-electron chi connectivity index (χ2n) is 6.87. The number of benzene rings is 2. The minimum atomic E-state index is -0.418. The zero-order chi connectivity index (χ0) is 21.1. The Bertz CT molecular complexity index is 1060. The molecule has 2 heterocycles. The summed E-state index contributed by atoms with van der Waals surface area (Å²) in [6.07, 6.45) is 1.68. The molecule has 0 spiro atoms. The van der Waals surface area contributed by atoms with Crippen molar-refractivity contribution in [3.8, 4) is 0 Å². The highest BCUT2D eigenvalue weighted by atomic mass is 79.9. The van der Waals surface area contributed by atoms with Gasteiger partial charge in [-0.25, -0.2) is 0 Å². The molecule has 2 aromatic carbocycles. The largest absolute Gasteiger partial charge is 0.344 e. The van der Waals surface area contributed by atoms with Crippen molar-refractivity contribution in [2.24, 2.45) is 0 Å². The Balaban J connectivity index is 1.46. The Morgan fingerprint density at radius 2 is 1.70 bits per heavy atom. The predicted octanol–water partition coefficient (Wildman–Crippen LogP) is 3.74. The number of aromatic nitrogens is 1. The molecule has 0 saturated carbocycles. The number of imide groups is 1. The first-order valence-corrected chi connectivity index (χ1v) is 10.2. The summed E-state index contributed by atoms with van der Waals surface area (Å²) in [6, 6.07) is 19.6. The third-order valence-electron chi connectivity index (χ3n) is 4.92. The first-order chi connectivity index (χ1) is 14.5. The van der Waals surface area contributed by atoms with Crippen LogP contribution in [-0.2, 0) is 4.79 Å². The van der Waals surface area contributed by atoms with Gasteiger partial charge in [0.25, 0.3) is 11.8 Å². The van der Waals surface area contributed by atoms with E-state index < -0.39 is 6.04 Å². The molecule has 1 aromatic heterocycles. The molecule has 30 heavy (non-hydrogen) atoms. The molecule has 150 valence electrons. The van der Waals surface area contributed by atoms with E-state index in [2.05, 4.69) is 26.2 Å². The first kappa shape index (κ1) is 20.0. The van der Waals surface area contributed by atoms with Gasteiger partial charge in [-0.3, -0.25) is 24.3 Å². The highest BCUT2D eigenvalue weighted by Crippen LogP contribution is 2.26. The second-order valence-corrected chi connectivity index (χ2v) is 7.78. The van der Waals surface area contributed by atoms with Crippen LogP contribution in [0.2, 0.25) is 0 Å². The molecule has 1 unspecified atom stereocenters. The predicted molar refractivity (Wildman–Crippen MR) is 115 cm³/mol. The lowest BCUT2D eigenvalue weighted by Crippen LogP contribution is -2.36. The summed E-state index contributed by atoms with van der Waals surface area (Å²) in [5.41, 5.74) is 2.32. The first-order valence-electron chi connectivity index (χ1n) is 9.45. The zero-order valence-corrected chi connectivity index (χ0v) is 17.5. The number of hydrogen-bond donors (Lipinski definition) is 1. The molecule has 7 heteroatoms. The van der Waals surface area contributed by atoms with E-state index in [-0.39, 0.29) is 30.7 Å². The smallest absolute Gasteiger partial charge is 0.261 e. The van der Waals surface area contributed by atoms with E-state index in [1.165, 1.54) is 0 Å². The van der Waals surface area contributed by atoms with Crippen LogP contribution in [0.25, 0.3) is 0 Å². The van der Waals surface area contributed by atoms with Gasteiger partial charge < -0.3 is 5.32 Å². The number of rotatable bonds is 6. The summed E-state index contributed by atoms with van der Waals surface area (Å²) in [4.78, 5) is 43.3. The van der Waals surface area contributed by atoms with Gasteiger partial charge in [0.2, 0.25) is 5.91 Å². The van der Waals surface area contributed by atoms with Crippen LogP contribution in [-0.4, -0.2) is 34.2 Å². The minimum Gasteiger partial charge on any atom is -0.344 e. The second kappa shape index (κ2) is 8.59. The summed E-state index contributed by atoms with van der Waals surface area (Å²) in [6.45, 7) is 0.0134. The van der Waals surface area contributed by atoms with Crippen LogP contribution in [0.3, 0.4) is 0 Å². The molecule has 0 bridgehead atoms. The molecule has 1 N–H and O–H groups in total. The zero-order valence-electron chi connectivity index (χ0n) is 15.9. The Hall–Kier alpha value is -3.32. The summed E-state index contributed by atoms with van der Waals surface area (Å²) in [7, 11) is 0. The van der Waals surface area contributed by atoms with Crippen molar-refractivity contribution in [3.63, 3.8) is 0 Å². The van der Waals surface area contributed by atoms with Gasteiger partial charge in [-0.2, -0.15) is 0 Å². The summed E-state index contributed by atoms with van der Waals surface area (Å²) in [5, 5.41) is 2.98. The van der Waals surface area contributed by atoms with Crippen LogP contribution < -0.4 is 5.32 Å². The fourth-order valence-electron chi connectivity index (χ4n) is 3.43. The normalized spacial score (nSPS) is 13.8. The van der Waals surface area contributed by atoms with Gasteiger partial charge in [-0.05, 0) is 35.9 Å². The van der Waals surface area contributed by atoms with Gasteiger partial charge >= 0.3 is 0 Å². The fourth-order valence-corrected chi connectivity index (χ4v) is 3.79. The molecular weight excluding hydrogens is 446 g/mol. The average molecular weight is 464 g/mol. The number of nitrogens with zero attached hydrogens (tertiary/aromatic N) is 2. The molecule has 6 nitrogen and oxygen atoms in total. The number of fused-ring (bicyclic) bond motifs is 1. The molecule has 0 fully saturated rings. The number of carbonyl (C=O) groups is 3. The molecule has 0 aliphatic carbocycles. The van der Waals surface area contributed by atoms with E-state index in [9.17, 15) is 14.4 Å². The van der Waals surface area contributed by atoms with Crippen molar-refractivity contribution >= 4 is 33.7 Å². The average Bonchev–Trinajstić information content (AvgIpc) is 3.01. The molecular formula is C23H18BrN3O3. The minimum absolute atomic E-state index is 0.00278. The number of pyridine rings is 1. The summed E-state index contributed by atoms with van der Waals surface area (Å²) >= 11 is 3.31. The standard InChI is InChI=1S/C23H18BrN3O3/c24-16-9-10-17-18(14-16)23(30)27(22(17)29)13-11-20(28)26-21(15-6-2-1-3-7-15)19-8-4-5-12-25-19/h1-10,12,14,21H,11,13H2,(H,26,28). The summed E-state index contributed by atoms with van der Waals surface area (Å²) < 4.78 is 0.725. The number of carbonyl (C=O) groups excluding carboxylic acids is 3. The molecule has 1 atom stereocenters. The van der Waals surface area contributed by atoms with E-state index >= 15 is 0 Å². The lowest BCUT2D eigenvalue weighted by molar-refractivity contribution is -0.121. The van der Waals surface area contributed by atoms with Crippen LogP contribution in [0.4, 0.5) is 0 Å². The maximum Gasteiger partial charge on any atom is 0.261 e. The van der Waals surface area contributed by atoms with E-state index in [0.717, 1.165) is 14.9 Å². The van der Waals surface area contributed by atoms with Crippen molar-refractivity contribution in [3.05, 3.63) is 99.8 Å². The van der Waals surface area contributed by atoms with E-state index in [1.54, 1.807) is 24.4 Å². The Labute approximate surface area is 182 Å². The third kappa shape index (κ3) is 4.02. The topological polar surface area (TPSA) is 79.4 Å². The molecule has 0 radical (unpaired) electrons. The Kier molecular flexibility index (Phi) is 5.72. The van der Waals surface area contributed by atoms with Gasteiger partial charge in [0.05, 0.1) is 22.9 Å². The van der Waals surface area contributed by atoms with Gasteiger partial charge in [0, 0.05) is 23.6 Å². The fraction of sp³-hybridized carbons (Fsp3) is 0.130. The van der Waals surface area contributed by atoms with Gasteiger partial charge in [0.15, 0.2) is 0 Å². The number of nitrogens with one attached hydrogen (secondary N) is 1. The van der Waals surface area contributed by atoms with Gasteiger partial charge in [0.1, 0.15) is 0 Å². The van der Waals surface area contributed by atoms with Crippen molar-refractivity contribution in [1.29, 1.82) is 0 Å². The molecule has 3 amide bonds. The SMILES string of the molecule is O=C(CCN1C(=O)c2ccc(Br)cc2C1=O)NC(c1ccccc1)c1ccccn1. The monoisotopic (exact) mass is 463 g/mol. The molecule has 3 aromatic rings. The number of hydrogen-bond acceptors (Lipinski definition) is 4. The van der Waals surface area contributed by atoms with Crippen molar-refractivity contribution in [2.45, 2.75) is 12.5 Å². The van der Waals surface area contributed by atoms with Crippen molar-refractivity contribution < 1.29 is 14.4 Å². The van der Waals surface area contributed by atoms with E-state index in [1.807, 2.05) is 48.5 Å². The van der Waals surface area contributed by atoms with Gasteiger partial charge in [-0.15, -0.1) is 0 Å². The molecule has 1 aliphatic rings. The quantitative estimate of drug-likeness (QED) is 0.564. The Morgan fingerprint density at radius 1 is 0.967 bits per heavy atom. The lowest BCUT2D eigenvalue weighted by Gasteiger charge is -2.20. The number of halogens is 1. The van der Waals surface area contributed by atoms with Crippen LogP contribution in [0, 0.1) is 0 Å². The maximum atomic E-state index is 12.7. The maximum absolute atomic E-state index is 12.7. The van der Waals surface area contributed by atoms with Crippen LogP contribution in [0.15, 0.2) is 77.4 Å². The third-order valence-corrected chi connectivity index (χ3v) is 5.41. The Morgan fingerprint density at radius 3 is 2.43 bits per heavy atom. The molecule has 0 saturated heterocycles. The van der Waals surface area contributed by atoms with E-state index in [4.69, 9.17) is 0 Å². The number of amides is 3. The van der Waals surface area contributed by atoms with Gasteiger partial charge in [-0.1, -0.05) is 52.3 Å². The molecule has 4 rings (SSSR count).